The molecule has 0 aliphatic carbocycles. The average Bonchev–Trinajstić information content (AvgIpc) is 2.09. The molecule has 0 unspecified atom stereocenters. The van der Waals surface area contributed by atoms with Gasteiger partial charge in [-0.25, -0.2) is 0 Å². The van der Waals surface area contributed by atoms with Crippen LogP contribution in [0.3, 0.4) is 0 Å². The van der Waals surface area contributed by atoms with E-state index in [1.54, 1.807) is 0 Å². The Balaban J connectivity index is 2.91. The minimum Gasteiger partial charge on any atom is -0.362 e. The smallest absolute Gasteiger partial charge is 0.0676 e. The first-order chi connectivity index (χ1) is 6.15. The lowest BCUT2D eigenvalue weighted by Crippen LogP contribution is -2.28. The second kappa shape index (κ2) is 4.28. The van der Waals surface area contributed by atoms with Crippen molar-refractivity contribution < 1.29 is 0 Å². The summed E-state index contributed by atoms with van der Waals surface area (Å²) in [6.07, 6.45) is 0. The molecule has 0 spiro atoms. The quantitative estimate of drug-likeness (QED) is 0.711. The van der Waals surface area contributed by atoms with Gasteiger partial charge in [-0.1, -0.05) is 12.1 Å². The van der Waals surface area contributed by atoms with Crippen molar-refractivity contribution in [2.75, 3.05) is 25.7 Å². The van der Waals surface area contributed by atoms with Crippen LogP contribution in [-0.4, -0.2) is 20.8 Å². The fraction of sp³-hybridized carbons (Fsp3) is 0.455. The molecule has 1 rings (SSSR count). The molecule has 2 heteroatoms. The zero-order valence-electron chi connectivity index (χ0n) is 8.89. The van der Waals surface area contributed by atoms with Crippen molar-refractivity contribution in [3.8, 4) is 0 Å². The molecule has 0 atom stereocenters. The molecular weight excluding hydrogens is 160 g/mol. The lowest BCUT2D eigenvalue weighted by atomic mass is 10.1. The molecule has 0 amide bonds. The van der Waals surface area contributed by atoms with Crippen LogP contribution in [0, 0.1) is 13.8 Å². The molecule has 0 aromatic heterocycles. The lowest BCUT2D eigenvalue weighted by Gasteiger charge is -2.21. The third-order valence-corrected chi connectivity index (χ3v) is 2.17. The zero-order chi connectivity index (χ0) is 9.84. The van der Waals surface area contributed by atoms with E-state index in [1.165, 1.54) is 16.8 Å². The van der Waals surface area contributed by atoms with E-state index in [0.717, 1.165) is 6.67 Å². The predicted octanol–water partition coefficient (Wildman–Crippen LogP) is 1.92. The first kappa shape index (κ1) is 10.1. The van der Waals surface area contributed by atoms with Gasteiger partial charge in [0.05, 0.1) is 6.67 Å². The Bertz CT molecular complexity index is 281. The molecule has 0 bridgehead atoms. The van der Waals surface area contributed by atoms with Crippen molar-refractivity contribution >= 4 is 5.69 Å². The minimum atomic E-state index is 0.879. The highest BCUT2D eigenvalue weighted by Gasteiger charge is 2.02. The predicted molar refractivity (Wildman–Crippen MR) is 58.2 cm³/mol. The monoisotopic (exact) mass is 178 g/mol. The highest BCUT2D eigenvalue weighted by Crippen LogP contribution is 2.19. The van der Waals surface area contributed by atoms with E-state index < -0.39 is 0 Å². The number of nitrogens with zero attached hydrogens (tertiary/aromatic N) is 1. The van der Waals surface area contributed by atoms with Crippen LogP contribution in [0.25, 0.3) is 0 Å². The van der Waals surface area contributed by atoms with Crippen molar-refractivity contribution in [1.29, 1.82) is 0 Å². The summed E-state index contributed by atoms with van der Waals surface area (Å²) >= 11 is 0. The first-order valence-corrected chi connectivity index (χ1v) is 4.58. The van der Waals surface area contributed by atoms with Gasteiger partial charge in [-0.05, 0) is 38.1 Å². The summed E-state index contributed by atoms with van der Waals surface area (Å²) in [6.45, 7) is 5.14. The van der Waals surface area contributed by atoms with E-state index in [-0.39, 0.29) is 0 Å². The number of benzene rings is 1. The van der Waals surface area contributed by atoms with Crippen molar-refractivity contribution in [1.82, 2.24) is 5.32 Å². The molecule has 2 nitrogen and oxygen atoms in total. The minimum absolute atomic E-state index is 0.879. The lowest BCUT2D eigenvalue weighted by molar-refractivity contribution is 0.774. The van der Waals surface area contributed by atoms with Crippen molar-refractivity contribution in [2.45, 2.75) is 13.8 Å². The maximum absolute atomic E-state index is 3.14. The number of hydrogen-bond acceptors (Lipinski definition) is 2. The van der Waals surface area contributed by atoms with E-state index >= 15 is 0 Å². The first-order valence-electron chi connectivity index (χ1n) is 4.58. The van der Waals surface area contributed by atoms with E-state index in [9.17, 15) is 0 Å². The van der Waals surface area contributed by atoms with Crippen LogP contribution in [0.4, 0.5) is 5.69 Å². The molecule has 1 aromatic rings. The molecule has 0 fully saturated rings. The Labute approximate surface area is 80.6 Å². The van der Waals surface area contributed by atoms with Gasteiger partial charge in [0.2, 0.25) is 0 Å². The van der Waals surface area contributed by atoms with E-state index in [4.69, 9.17) is 0 Å². The molecule has 0 aliphatic rings. The summed E-state index contributed by atoms with van der Waals surface area (Å²) in [6, 6.07) is 6.52. The number of nitrogens with one attached hydrogen (secondary N) is 1. The molecular formula is C11H18N2. The third-order valence-electron chi connectivity index (χ3n) is 2.17. The Kier molecular flexibility index (Phi) is 3.32. The van der Waals surface area contributed by atoms with Gasteiger partial charge in [-0.3, -0.25) is 0 Å². The van der Waals surface area contributed by atoms with Crippen LogP contribution in [-0.2, 0) is 0 Å². The Morgan fingerprint density at radius 3 is 2.62 bits per heavy atom. The molecule has 13 heavy (non-hydrogen) atoms. The topological polar surface area (TPSA) is 15.3 Å². The SMILES string of the molecule is CNCN(C)c1cc(C)ccc1C. The highest BCUT2D eigenvalue weighted by molar-refractivity contribution is 5.54. The fourth-order valence-electron chi connectivity index (χ4n) is 1.45. The molecule has 1 N–H and O–H groups in total. The molecule has 0 radical (unpaired) electrons. The standard InChI is InChI=1S/C11H18N2/c1-9-5-6-10(2)11(7-9)13(4)8-12-3/h5-7,12H,8H2,1-4H3. The Hall–Kier alpha value is -1.02. The van der Waals surface area contributed by atoms with Crippen LogP contribution in [0.5, 0.6) is 0 Å². The third kappa shape index (κ3) is 2.46. The van der Waals surface area contributed by atoms with Crippen molar-refractivity contribution in [3.63, 3.8) is 0 Å². The molecule has 0 saturated heterocycles. The van der Waals surface area contributed by atoms with Gasteiger partial charge >= 0.3 is 0 Å². The fourth-order valence-corrected chi connectivity index (χ4v) is 1.45. The summed E-state index contributed by atoms with van der Waals surface area (Å²) in [5, 5.41) is 3.14. The average molecular weight is 178 g/mol. The number of rotatable bonds is 3. The molecule has 0 aliphatic heterocycles. The molecule has 0 heterocycles. The molecule has 1 aromatic carbocycles. The number of hydrogen-bond donors (Lipinski definition) is 1. The Morgan fingerprint density at radius 2 is 2.00 bits per heavy atom. The summed E-state index contributed by atoms with van der Waals surface area (Å²) < 4.78 is 0. The van der Waals surface area contributed by atoms with Gasteiger partial charge in [0, 0.05) is 12.7 Å². The van der Waals surface area contributed by atoms with Gasteiger partial charge in [0.15, 0.2) is 0 Å². The van der Waals surface area contributed by atoms with Gasteiger partial charge in [-0.2, -0.15) is 0 Å². The second-order valence-corrected chi connectivity index (χ2v) is 3.50. The van der Waals surface area contributed by atoms with Gasteiger partial charge < -0.3 is 10.2 Å². The summed E-state index contributed by atoms with van der Waals surface area (Å²) in [7, 11) is 4.06. The normalized spacial score (nSPS) is 10.2. The van der Waals surface area contributed by atoms with Crippen LogP contribution in [0.2, 0.25) is 0 Å². The summed E-state index contributed by atoms with van der Waals surface area (Å²) in [4.78, 5) is 2.21. The van der Waals surface area contributed by atoms with Gasteiger partial charge in [0.25, 0.3) is 0 Å². The van der Waals surface area contributed by atoms with Crippen LogP contribution < -0.4 is 10.2 Å². The van der Waals surface area contributed by atoms with E-state index in [2.05, 4.69) is 49.3 Å². The van der Waals surface area contributed by atoms with E-state index in [0.29, 0.717) is 0 Å². The van der Waals surface area contributed by atoms with Gasteiger partial charge in [-0.15, -0.1) is 0 Å². The maximum Gasteiger partial charge on any atom is 0.0676 e. The van der Waals surface area contributed by atoms with Crippen LogP contribution >= 0.6 is 0 Å². The van der Waals surface area contributed by atoms with E-state index in [1.807, 2.05) is 7.05 Å². The van der Waals surface area contributed by atoms with Crippen LogP contribution in [0.1, 0.15) is 11.1 Å². The molecule has 72 valence electrons. The maximum atomic E-state index is 3.14. The number of aryl methyl sites for hydroxylation is 2. The highest BCUT2D eigenvalue weighted by atomic mass is 15.2. The van der Waals surface area contributed by atoms with Crippen LogP contribution in [0.15, 0.2) is 18.2 Å². The Morgan fingerprint density at radius 1 is 1.31 bits per heavy atom. The zero-order valence-corrected chi connectivity index (χ0v) is 8.89. The molecule has 0 saturated carbocycles. The summed E-state index contributed by atoms with van der Waals surface area (Å²) in [5.41, 5.74) is 3.93. The van der Waals surface area contributed by atoms with Gasteiger partial charge in [0.1, 0.15) is 0 Å². The summed E-state index contributed by atoms with van der Waals surface area (Å²) in [5.74, 6) is 0. The van der Waals surface area contributed by atoms with Crippen molar-refractivity contribution in [3.05, 3.63) is 29.3 Å². The second-order valence-electron chi connectivity index (χ2n) is 3.50. The number of anilines is 1. The largest absolute Gasteiger partial charge is 0.362 e. The van der Waals surface area contributed by atoms with Crippen molar-refractivity contribution in [2.24, 2.45) is 0 Å².